The van der Waals surface area contributed by atoms with Crippen LogP contribution in [0.25, 0.3) is 11.4 Å². The largest absolute Gasteiger partial charge is 0.343 e. The number of piperazine rings is 1. The molecule has 34 heavy (non-hydrogen) atoms. The topological polar surface area (TPSA) is 91.6 Å². The van der Waals surface area contributed by atoms with Gasteiger partial charge in [-0.1, -0.05) is 35.0 Å². The van der Waals surface area contributed by atoms with E-state index >= 15 is 0 Å². The highest BCUT2D eigenvalue weighted by molar-refractivity contribution is 5.96. The Morgan fingerprint density at radius 2 is 1.71 bits per heavy atom. The van der Waals surface area contributed by atoms with Crippen LogP contribution in [0.2, 0.25) is 0 Å². The summed E-state index contributed by atoms with van der Waals surface area (Å²) in [5, 5.41) is 6.51. The Kier molecular flexibility index (Phi) is 6.97. The standard InChI is InChI=1S/C24H25F2N5O3/c1-15-3-5-17(6-4-15)22-28-24(34-29-22)16(2)30-7-9-31(10-8-30)21(32)14-27-23(33)18-11-19(25)13-20(26)12-18/h3-6,11-13,16H,7-10,14H2,1-2H3,(H,27,33). The Balaban J connectivity index is 1.27. The molecule has 0 radical (unpaired) electrons. The Hall–Kier alpha value is -3.66. The molecule has 1 aliphatic heterocycles. The number of amides is 2. The molecule has 10 heteroatoms. The van der Waals surface area contributed by atoms with E-state index in [1.54, 1.807) is 4.90 Å². The van der Waals surface area contributed by atoms with Crippen LogP contribution in [0.15, 0.2) is 47.0 Å². The second kappa shape index (κ2) is 10.1. The SMILES string of the molecule is Cc1ccc(-c2noc(C(C)N3CCN(C(=O)CNC(=O)c4cc(F)cc(F)c4)CC3)n2)cc1. The van der Waals surface area contributed by atoms with E-state index in [0.29, 0.717) is 44.0 Å². The van der Waals surface area contributed by atoms with Crippen molar-refractivity contribution >= 4 is 11.8 Å². The van der Waals surface area contributed by atoms with Gasteiger partial charge in [-0.25, -0.2) is 8.78 Å². The minimum absolute atomic E-state index is 0.119. The van der Waals surface area contributed by atoms with E-state index in [2.05, 4.69) is 20.4 Å². The number of nitrogens with one attached hydrogen (secondary N) is 1. The summed E-state index contributed by atoms with van der Waals surface area (Å²) in [4.78, 5) is 32.9. The molecule has 4 rings (SSSR count). The maximum absolute atomic E-state index is 13.3. The number of carbonyl (C=O) groups is 2. The lowest BCUT2D eigenvalue weighted by Crippen LogP contribution is -2.51. The molecular weight excluding hydrogens is 444 g/mol. The molecule has 1 aromatic heterocycles. The third-order valence-corrected chi connectivity index (χ3v) is 5.85. The molecule has 0 spiro atoms. The van der Waals surface area contributed by atoms with Gasteiger partial charge in [0.1, 0.15) is 11.6 Å². The van der Waals surface area contributed by atoms with Crippen LogP contribution >= 0.6 is 0 Å². The van der Waals surface area contributed by atoms with Gasteiger partial charge < -0.3 is 14.7 Å². The van der Waals surface area contributed by atoms with E-state index in [4.69, 9.17) is 4.52 Å². The van der Waals surface area contributed by atoms with Crippen LogP contribution in [0.1, 0.15) is 34.8 Å². The zero-order valence-corrected chi connectivity index (χ0v) is 18.9. The van der Waals surface area contributed by atoms with Gasteiger partial charge in [0.25, 0.3) is 5.91 Å². The number of carbonyl (C=O) groups excluding carboxylic acids is 2. The van der Waals surface area contributed by atoms with E-state index in [1.165, 1.54) is 0 Å². The number of benzene rings is 2. The first-order valence-corrected chi connectivity index (χ1v) is 11.0. The van der Waals surface area contributed by atoms with Crippen molar-refractivity contribution in [3.63, 3.8) is 0 Å². The van der Waals surface area contributed by atoms with Gasteiger partial charge in [0.2, 0.25) is 17.6 Å². The molecule has 1 saturated heterocycles. The lowest BCUT2D eigenvalue weighted by atomic mass is 10.1. The van der Waals surface area contributed by atoms with Crippen LogP contribution in [0.4, 0.5) is 8.78 Å². The first-order valence-electron chi connectivity index (χ1n) is 11.0. The van der Waals surface area contributed by atoms with Crippen LogP contribution in [0, 0.1) is 18.6 Å². The Labute approximate surface area is 195 Å². The summed E-state index contributed by atoms with van der Waals surface area (Å²) in [6, 6.07) is 10.3. The number of hydrogen-bond acceptors (Lipinski definition) is 6. The molecule has 0 saturated carbocycles. The van der Waals surface area contributed by atoms with Gasteiger partial charge in [0, 0.05) is 43.4 Å². The second-order valence-electron chi connectivity index (χ2n) is 8.26. The van der Waals surface area contributed by atoms with Gasteiger partial charge in [-0.2, -0.15) is 4.98 Å². The van der Waals surface area contributed by atoms with Gasteiger partial charge in [-0.3, -0.25) is 14.5 Å². The summed E-state index contributed by atoms with van der Waals surface area (Å²) in [6.45, 7) is 5.85. The normalized spacial score (nSPS) is 15.2. The summed E-state index contributed by atoms with van der Waals surface area (Å²) < 4.78 is 32.1. The van der Waals surface area contributed by atoms with Crippen molar-refractivity contribution in [1.29, 1.82) is 0 Å². The quantitative estimate of drug-likeness (QED) is 0.597. The molecule has 1 N–H and O–H groups in total. The molecule has 8 nitrogen and oxygen atoms in total. The number of aromatic nitrogens is 2. The van der Waals surface area contributed by atoms with Gasteiger partial charge in [-0.05, 0) is 26.0 Å². The lowest BCUT2D eigenvalue weighted by Gasteiger charge is -2.36. The fraction of sp³-hybridized carbons (Fsp3) is 0.333. The molecule has 3 aromatic rings. The monoisotopic (exact) mass is 469 g/mol. The van der Waals surface area contributed by atoms with Crippen molar-refractivity contribution in [2.45, 2.75) is 19.9 Å². The third kappa shape index (κ3) is 5.45. The maximum Gasteiger partial charge on any atom is 0.251 e. The maximum atomic E-state index is 13.3. The van der Waals surface area contributed by atoms with Crippen molar-refractivity contribution in [2.24, 2.45) is 0 Å². The number of rotatable bonds is 6. The molecular formula is C24H25F2N5O3. The highest BCUT2D eigenvalue weighted by Gasteiger charge is 2.28. The average molecular weight is 469 g/mol. The molecule has 0 aliphatic carbocycles. The summed E-state index contributed by atoms with van der Waals surface area (Å²) in [7, 11) is 0. The minimum atomic E-state index is -0.853. The Bertz CT molecular complexity index is 1150. The summed E-state index contributed by atoms with van der Waals surface area (Å²) in [5.74, 6) is -1.64. The van der Waals surface area contributed by atoms with Crippen molar-refractivity contribution in [3.8, 4) is 11.4 Å². The average Bonchev–Trinajstić information content (AvgIpc) is 3.32. The summed E-state index contributed by atoms with van der Waals surface area (Å²) >= 11 is 0. The number of halogens is 2. The van der Waals surface area contributed by atoms with Crippen LogP contribution < -0.4 is 5.32 Å². The van der Waals surface area contributed by atoms with Crippen molar-refractivity contribution in [2.75, 3.05) is 32.7 Å². The lowest BCUT2D eigenvalue weighted by molar-refractivity contribution is -0.132. The first kappa shape index (κ1) is 23.5. The zero-order chi connectivity index (χ0) is 24.2. The van der Waals surface area contributed by atoms with E-state index < -0.39 is 17.5 Å². The Morgan fingerprint density at radius 1 is 1.06 bits per heavy atom. The van der Waals surface area contributed by atoms with Crippen LogP contribution in [0.3, 0.4) is 0 Å². The van der Waals surface area contributed by atoms with Crippen molar-refractivity contribution in [1.82, 2.24) is 25.3 Å². The van der Waals surface area contributed by atoms with E-state index in [-0.39, 0.29) is 24.1 Å². The van der Waals surface area contributed by atoms with Gasteiger partial charge in [0.05, 0.1) is 12.6 Å². The molecule has 1 fully saturated rings. The molecule has 1 aliphatic rings. The highest BCUT2D eigenvalue weighted by Crippen LogP contribution is 2.23. The van der Waals surface area contributed by atoms with Crippen molar-refractivity contribution in [3.05, 3.63) is 71.1 Å². The first-order chi connectivity index (χ1) is 16.3. The van der Waals surface area contributed by atoms with Gasteiger partial charge in [0.15, 0.2) is 0 Å². The Morgan fingerprint density at radius 3 is 2.35 bits per heavy atom. The van der Waals surface area contributed by atoms with Crippen LogP contribution in [-0.2, 0) is 4.79 Å². The predicted molar refractivity (Wildman–Crippen MR) is 120 cm³/mol. The molecule has 2 aromatic carbocycles. The van der Waals surface area contributed by atoms with Crippen molar-refractivity contribution < 1.29 is 22.9 Å². The fourth-order valence-corrected chi connectivity index (χ4v) is 3.79. The molecule has 2 heterocycles. The number of nitrogens with zero attached hydrogens (tertiary/aromatic N) is 4. The van der Waals surface area contributed by atoms with E-state index in [1.807, 2.05) is 38.1 Å². The van der Waals surface area contributed by atoms with E-state index in [9.17, 15) is 18.4 Å². The molecule has 1 atom stereocenters. The van der Waals surface area contributed by atoms with Gasteiger partial charge >= 0.3 is 0 Å². The predicted octanol–water partition coefficient (Wildman–Crippen LogP) is 2.96. The molecule has 178 valence electrons. The van der Waals surface area contributed by atoms with Crippen LogP contribution in [-0.4, -0.2) is 64.5 Å². The molecule has 0 bridgehead atoms. The summed E-state index contributed by atoms with van der Waals surface area (Å²) in [6.07, 6.45) is 0. The number of aryl methyl sites for hydroxylation is 1. The molecule has 1 unspecified atom stereocenters. The second-order valence-corrected chi connectivity index (χ2v) is 8.26. The third-order valence-electron chi connectivity index (χ3n) is 5.85. The smallest absolute Gasteiger partial charge is 0.251 e. The highest BCUT2D eigenvalue weighted by atomic mass is 19.1. The fourth-order valence-electron chi connectivity index (χ4n) is 3.79. The van der Waals surface area contributed by atoms with E-state index in [0.717, 1.165) is 23.3 Å². The minimum Gasteiger partial charge on any atom is -0.343 e. The summed E-state index contributed by atoms with van der Waals surface area (Å²) in [5.41, 5.74) is 1.86. The van der Waals surface area contributed by atoms with Gasteiger partial charge in [-0.15, -0.1) is 0 Å². The molecule has 2 amide bonds. The van der Waals surface area contributed by atoms with Crippen LogP contribution in [0.5, 0.6) is 0 Å². The number of hydrogen-bond donors (Lipinski definition) is 1. The zero-order valence-electron chi connectivity index (χ0n) is 18.9.